The van der Waals surface area contributed by atoms with Crippen molar-refractivity contribution in [2.75, 3.05) is 6.61 Å². The Labute approximate surface area is 131 Å². The summed E-state index contributed by atoms with van der Waals surface area (Å²) in [6.45, 7) is 6.84. The number of carbonyl (C=O) groups is 2. The van der Waals surface area contributed by atoms with E-state index in [9.17, 15) is 9.59 Å². The first-order chi connectivity index (χ1) is 10.6. The minimum atomic E-state index is -0.597. The van der Waals surface area contributed by atoms with Gasteiger partial charge in [-0.1, -0.05) is 12.7 Å². The third-order valence-corrected chi connectivity index (χ3v) is 5.79. The van der Waals surface area contributed by atoms with Gasteiger partial charge in [0.05, 0.1) is 0 Å². The van der Waals surface area contributed by atoms with Gasteiger partial charge in [-0.3, -0.25) is 0 Å². The first kappa shape index (κ1) is 15.3. The zero-order valence-corrected chi connectivity index (χ0v) is 13.0. The maximum Gasteiger partial charge on any atom is 0.344 e. The Bertz CT molecular complexity index is 465. The van der Waals surface area contributed by atoms with Crippen LogP contribution in [0.4, 0.5) is 0 Å². The van der Waals surface area contributed by atoms with E-state index < -0.39 is 17.5 Å². The second-order valence-electron chi connectivity index (χ2n) is 7.04. The van der Waals surface area contributed by atoms with Crippen molar-refractivity contribution >= 4 is 11.9 Å². The molecule has 4 bridgehead atoms. The summed E-state index contributed by atoms with van der Waals surface area (Å²) in [5, 5.41) is 0. The highest BCUT2D eigenvalue weighted by Crippen LogP contribution is 2.60. The second kappa shape index (κ2) is 5.90. The van der Waals surface area contributed by atoms with Crippen molar-refractivity contribution in [1.29, 1.82) is 0 Å². The quantitative estimate of drug-likeness (QED) is 0.430. The van der Waals surface area contributed by atoms with E-state index in [4.69, 9.17) is 9.47 Å². The number of esters is 2. The monoisotopic (exact) mass is 304 g/mol. The smallest absolute Gasteiger partial charge is 0.344 e. The fraction of sp³-hybridized carbons (Fsp3) is 0.667. The van der Waals surface area contributed by atoms with Gasteiger partial charge >= 0.3 is 11.9 Å². The lowest BCUT2D eigenvalue weighted by molar-refractivity contribution is -0.212. The molecule has 0 unspecified atom stereocenters. The fourth-order valence-corrected chi connectivity index (χ4v) is 5.18. The minimum Gasteiger partial charge on any atom is -0.456 e. The molecule has 0 spiro atoms. The summed E-state index contributed by atoms with van der Waals surface area (Å²) in [4.78, 5) is 23.3. The highest BCUT2D eigenvalue weighted by molar-refractivity contribution is 5.83. The van der Waals surface area contributed by atoms with Gasteiger partial charge in [-0.05, 0) is 55.8 Å². The van der Waals surface area contributed by atoms with Gasteiger partial charge in [0.1, 0.15) is 5.60 Å². The first-order valence-corrected chi connectivity index (χ1v) is 8.19. The molecule has 0 aromatic heterocycles. The summed E-state index contributed by atoms with van der Waals surface area (Å²) < 4.78 is 10.7. The molecule has 0 N–H and O–H groups in total. The van der Waals surface area contributed by atoms with Gasteiger partial charge in [0, 0.05) is 12.5 Å². The number of ether oxygens (including phenoxy) is 2. The average molecular weight is 304 g/mol. The Kier molecular flexibility index (Phi) is 4.11. The molecule has 120 valence electrons. The normalized spacial score (nSPS) is 38.4. The second-order valence-corrected chi connectivity index (χ2v) is 7.04. The molecule has 0 amide bonds. The lowest BCUT2D eigenvalue weighted by Gasteiger charge is -2.60. The topological polar surface area (TPSA) is 52.6 Å². The Hall–Kier alpha value is -1.58. The van der Waals surface area contributed by atoms with Crippen LogP contribution in [0.5, 0.6) is 0 Å². The van der Waals surface area contributed by atoms with Gasteiger partial charge < -0.3 is 9.47 Å². The van der Waals surface area contributed by atoms with E-state index in [0.717, 1.165) is 43.6 Å². The van der Waals surface area contributed by atoms with E-state index in [1.54, 1.807) is 0 Å². The highest BCUT2D eigenvalue weighted by atomic mass is 16.6. The van der Waals surface area contributed by atoms with Crippen LogP contribution >= 0.6 is 0 Å². The SMILES string of the molecule is C=CCC1(OC(=O)COC(=O)C=C)C2CC3CC(C2)CC1C3. The largest absolute Gasteiger partial charge is 0.456 e. The summed E-state index contributed by atoms with van der Waals surface area (Å²) in [7, 11) is 0. The van der Waals surface area contributed by atoms with Gasteiger partial charge in [-0.15, -0.1) is 6.58 Å². The average Bonchev–Trinajstić information content (AvgIpc) is 2.49. The number of hydrogen-bond donors (Lipinski definition) is 0. The van der Waals surface area contributed by atoms with Crippen LogP contribution in [-0.2, 0) is 19.1 Å². The summed E-state index contributed by atoms with van der Waals surface area (Å²) in [6, 6.07) is 0. The van der Waals surface area contributed by atoms with Crippen LogP contribution < -0.4 is 0 Å². The van der Waals surface area contributed by atoms with Gasteiger partial charge in [-0.2, -0.15) is 0 Å². The van der Waals surface area contributed by atoms with Crippen LogP contribution in [0.25, 0.3) is 0 Å². The summed E-state index contributed by atoms with van der Waals surface area (Å²) >= 11 is 0. The van der Waals surface area contributed by atoms with Crippen molar-refractivity contribution < 1.29 is 19.1 Å². The third kappa shape index (κ3) is 2.59. The van der Waals surface area contributed by atoms with Crippen molar-refractivity contribution in [3.8, 4) is 0 Å². The molecule has 0 aromatic carbocycles. The van der Waals surface area contributed by atoms with E-state index in [-0.39, 0.29) is 6.61 Å². The van der Waals surface area contributed by atoms with Crippen molar-refractivity contribution in [2.24, 2.45) is 23.7 Å². The molecule has 4 fully saturated rings. The lowest BCUT2D eigenvalue weighted by atomic mass is 9.49. The highest BCUT2D eigenvalue weighted by Gasteiger charge is 2.58. The molecule has 4 nitrogen and oxygen atoms in total. The van der Waals surface area contributed by atoms with E-state index in [1.807, 2.05) is 6.08 Å². The van der Waals surface area contributed by atoms with Crippen LogP contribution in [0, 0.1) is 23.7 Å². The molecule has 4 aliphatic carbocycles. The molecule has 0 heterocycles. The summed E-state index contributed by atoms with van der Waals surface area (Å²) in [5.41, 5.74) is -0.424. The van der Waals surface area contributed by atoms with Gasteiger partial charge in [0.2, 0.25) is 0 Å². The molecule has 0 atom stereocenters. The van der Waals surface area contributed by atoms with Crippen LogP contribution in [-0.4, -0.2) is 24.1 Å². The minimum absolute atomic E-state index is 0.337. The maximum absolute atomic E-state index is 12.2. The zero-order chi connectivity index (χ0) is 15.7. The van der Waals surface area contributed by atoms with Crippen LogP contribution in [0.15, 0.2) is 25.3 Å². The summed E-state index contributed by atoms with van der Waals surface area (Å²) in [5.74, 6) is 1.42. The molecule has 0 aliphatic heterocycles. The summed E-state index contributed by atoms with van der Waals surface area (Å²) in [6.07, 6.45) is 9.58. The van der Waals surface area contributed by atoms with E-state index >= 15 is 0 Å². The third-order valence-electron chi connectivity index (χ3n) is 5.79. The molecule has 0 radical (unpaired) electrons. The Morgan fingerprint density at radius 2 is 1.64 bits per heavy atom. The van der Waals surface area contributed by atoms with Crippen LogP contribution in [0.1, 0.15) is 38.5 Å². The van der Waals surface area contributed by atoms with Crippen molar-refractivity contribution in [3.63, 3.8) is 0 Å². The van der Waals surface area contributed by atoms with Gasteiger partial charge in [0.25, 0.3) is 0 Å². The predicted molar refractivity (Wildman–Crippen MR) is 81.8 cm³/mol. The van der Waals surface area contributed by atoms with Crippen molar-refractivity contribution in [3.05, 3.63) is 25.3 Å². The molecule has 4 saturated carbocycles. The molecule has 0 saturated heterocycles. The van der Waals surface area contributed by atoms with Gasteiger partial charge in [0.15, 0.2) is 6.61 Å². The van der Waals surface area contributed by atoms with Crippen molar-refractivity contribution in [2.45, 2.75) is 44.1 Å². The molecular formula is C18H24O4. The van der Waals surface area contributed by atoms with E-state index in [2.05, 4.69) is 13.2 Å². The maximum atomic E-state index is 12.2. The van der Waals surface area contributed by atoms with Crippen LogP contribution in [0.2, 0.25) is 0 Å². The van der Waals surface area contributed by atoms with E-state index in [1.165, 1.54) is 6.42 Å². The molecule has 4 heteroatoms. The van der Waals surface area contributed by atoms with Gasteiger partial charge in [-0.25, -0.2) is 9.59 Å². The fourth-order valence-electron chi connectivity index (χ4n) is 5.18. The number of carbonyl (C=O) groups excluding carboxylic acids is 2. The Morgan fingerprint density at radius 1 is 1.05 bits per heavy atom. The lowest BCUT2D eigenvalue weighted by Crippen LogP contribution is -2.59. The van der Waals surface area contributed by atoms with Crippen LogP contribution in [0.3, 0.4) is 0 Å². The first-order valence-electron chi connectivity index (χ1n) is 8.19. The Morgan fingerprint density at radius 3 is 2.14 bits per heavy atom. The molecular weight excluding hydrogens is 280 g/mol. The predicted octanol–water partition coefficient (Wildman–Crippen LogP) is 3.03. The Balaban J connectivity index is 1.72. The molecule has 4 aliphatic rings. The molecule has 0 aromatic rings. The molecule has 22 heavy (non-hydrogen) atoms. The molecule has 4 rings (SSSR count). The standard InChI is InChI=1S/C18H24O4/c1-3-5-18(22-17(20)11-21-16(19)4-2)14-7-12-6-13(9-14)10-15(18)8-12/h3-4,12-15H,1-2,5-11H2. The zero-order valence-electron chi connectivity index (χ0n) is 13.0. The van der Waals surface area contributed by atoms with E-state index in [0.29, 0.717) is 18.3 Å². The number of rotatable bonds is 6. The number of hydrogen-bond acceptors (Lipinski definition) is 4. The van der Waals surface area contributed by atoms with Crippen molar-refractivity contribution in [1.82, 2.24) is 0 Å².